The van der Waals surface area contributed by atoms with Gasteiger partial charge in [0.2, 0.25) is 0 Å². The minimum Gasteiger partial charge on any atom is -0.465 e. The van der Waals surface area contributed by atoms with E-state index < -0.39 is 11.9 Å². The van der Waals surface area contributed by atoms with Crippen LogP contribution in [0.2, 0.25) is 0 Å². The van der Waals surface area contributed by atoms with Gasteiger partial charge in [-0.15, -0.1) is 0 Å². The summed E-state index contributed by atoms with van der Waals surface area (Å²) in [6.07, 6.45) is 20.5. The molecule has 1 atom stereocenters. The monoisotopic (exact) mass is 470 g/mol. The summed E-state index contributed by atoms with van der Waals surface area (Å²) in [5.74, 6) is -1.22. The van der Waals surface area contributed by atoms with Gasteiger partial charge in [0.15, 0.2) is 0 Å². The summed E-state index contributed by atoms with van der Waals surface area (Å²) < 4.78 is 5.01. The molecule has 0 aromatic carbocycles. The van der Waals surface area contributed by atoms with Crippen molar-refractivity contribution in [2.45, 2.75) is 113 Å². The fraction of sp³-hybridized carbons (Fsp3) is 0.613. The number of allylic oxidation sites excluding steroid dienone is 10. The van der Waals surface area contributed by atoms with Crippen LogP contribution in [-0.4, -0.2) is 18.4 Å². The fourth-order valence-electron chi connectivity index (χ4n) is 3.63. The van der Waals surface area contributed by atoms with Gasteiger partial charge in [-0.1, -0.05) is 58.2 Å². The summed E-state index contributed by atoms with van der Waals surface area (Å²) in [5.41, 5.74) is 6.99. The van der Waals surface area contributed by atoms with Crippen molar-refractivity contribution in [1.82, 2.24) is 0 Å². The molecule has 3 nitrogen and oxygen atoms in total. The van der Waals surface area contributed by atoms with E-state index in [1.54, 1.807) is 6.92 Å². The second kappa shape index (κ2) is 19.2. The molecular formula is C31H50O3. The zero-order valence-electron chi connectivity index (χ0n) is 23.3. The highest BCUT2D eigenvalue weighted by atomic mass is 16.5. The molecule has 3 heteroatoms. The molecule has 34 heavy (non-hydrogen) atoms. The largest absolute Gasteiger partial charge is 0.465 e. The molecule has 0 aliphatic rings. The lowest BCUT2D eigenvalue weighted by Gasteiger charge is -2.10. The number of hydrogen-bond donors (Lipinski definition) is 0. The molecule has 192 valence electrons. The van der Waals surface area contributed by atoms with Crippen molar-refractivity contribution in [3.05, 3.63) is 58.2 Å². The molecule has 0 N–H and O–H groups in total. The highest BCUT2D eigenvalue weighted by Crippen LogP contribution is 2.16. The Kier molecular flexibility index (Phi) is 18.0. The minimum atomic E-state index is -0.677. The first-order valence-corrected chi connectivity index (χ1v) is 13.0. The number of hydrogen-bond acceptors (Lipinski definition) is 3. The number of carbonyl (C=O) groups is 2. The Bertz CT molecular complexity index is 770. The van der Waals surface area contributed by atoms with Crippen molar-refractivity contribution in [2.24, 2.45) is 5.92 Å². The summed E-state index contributed by atoms with van der Waals surface area (Å²) in [6, 6.07) is 0. The van der Waals surface area contributed by atoms with Crippen LogP contribution in [-0.2, 0) is 14.3 Å². The van der Waals surface area contributed by atoms with Crippen molar-refractivity contribution in [2.75, 3.05) is 6.61 Å². The van der Waals surface area contributed by atoms with E-state index >= 15 is 0 Å². The standard InChI is InChI=1S/C31H50O3/c1-9-34-31(33)30(29(8)32)23-22-28(7)21-13-20-27(6)19-12-18-26(5)17-11-16-25(4)15-10-14-24(2)3/h14,16,18,20,22,30H,9-13,15,17,19,21,23H2,1-8H3. The average Bonchev–Trinajstić information content (AvgIpc) is 2.73. The van der Waals surface area contributed by atoms with Gasteiger partial charge in [-0.25, -0.2) is 0 Å². The summed E-state index contributed by atoms with van der Waals surface area (Å²) in [4.78, 5) is 23.6. The highest BCUT2D eigenvalue weighted by Gasteiger charge is 2.23. The summed E-state index contributed by atoms with van der Waals surface area (Å²) in [6.45, 7) is 16.6. The van der Waals surface area contributed by atoms with E-state index in [9.17, 15) is 9.59 Å². The van der Waals surface area contributed by atoms with Gasteiger partial charge in [0.1, 0.15) is 11.7 Å². The van der Waals surface area contributed by atoms with Crippen LogP contribution in [0.3, 0.4) is 0 Å². The van der Waals surface area contributed by atoms with Crippen LogP contribution in [0.5, 0.6) is 0 Å². The predicted molar refractivity (Wildman–Crippen MR) is 147 cm³/mol. The van der Waals surface area contributed by atoms with E-state index in [0.29, 0.717) is 13.0 Å². The Hall–Kier alpha value is -2.16. The maximum absolute atomic E-state index is 11.9. The Morgan fingerprint density at radius 3 is 1.35 bits per heavy atom. The van der Waals surface area contributed by atoms with Crippen LogP contribution < -0.4 is 0 Å². The van der Waals surface area contributed by atoms with Crippen LogP contribution >= 0.6 is 0 Å². The Labute approximate surface area is 210 Å². The van der Waals surface area contributed by atoms with Crippen LogP contribution in [0.1, 0.15) is 113 Å². The Balaban J connectivity index is 4.33. The maximum Gasteiger partial charge on any atom is 0.316 e. The van der Waals surface area contributed by atoms with Gasteiger partial charge in [0.25, 0.3) is 0 Å². The molecule has 0 saturated carbocycles. The lowest BCUT2D eigenvalue weighted by atomic mass is 9.98. The topological polar surface area (TPSA) is 43.4 Å². The second-order valence-corrected chi connectivity index (χ2v) is 9.79. The third-order valence-electron chi connectivity index (χ3n) is 5.95. The lowest BCUT2D eigenvalue weighted by molar-refractivity contribution is -0.150. The van der Waals surface area contributed by atoms with Crippen molar-refractivity contribution in [1.29, 1.82) is 0 Å². The number of ketones is 1. The van der Waals surface area contributed by atoms with Crippen molar-refractivity contribution in [3.8, 4) is 0 Å². The maximum atomic E-state index is 11.9. The van der Waals surface area contributed by atoms with Gasteiger partial charge >= 0.3 is 5.97 Å². The van der Waals surface area contributed by atoms with E-state index in [-0.39, 0.29) is 5.78 Å². The van der Waals surface area contributed by atoms with Gasteiger partial charge in [0.05, 0.1) is 6.61 Å². The molecule has 1 unspecified atom stereocenters. The normalized spacial score (nSPS) is 14.1. The van der Waals surface area contributed by atoms with Crippen molar-refractivity contribution in [3.63, 3.8) is 0 Å². The molecule has 0 aliphatic carbocycles. The number of rotatable bonds is 17. The lowest BCUT2D eigenvalue weighted by Crippen LogP contribution is -2.23. The molecule has 0 saturated heterocycles. The SMILES string of the molecule is CCOC(=O)C(CC=C(C)CCC=C(C)CCC=C(C)CCC=C(C)CCC=C(C)C)C(C)=O. The number of ether oxygens (including phenoxy) is 1. The minimum absolute atomic E-state index is 0.132. The third kappa shape index (κ3) is 17.3. The molecule has 0 radical (unpaired) electrons. The van der Waals surface area contributed by atoms with Crippen LogP contribution in [0, 0.1) is 5.92 Å². The van der Waals surface area contributed by atoms with Gasteiger partial charge < -0.3 is 4.74 Å². The zero-order valence-corrected chi connectivity index (χ0v) is 23.3. The van der Waals surface area contributed by atoms with E-state index in [0.717, 1.165) is 51.4 Å². The van der Waals surface area contributed by atoms with Gasteiger partial charge in [-0.05, 0) is 113 Å². The molecular weight excluding hydrogens is 420 g/mol. The van der Waals surface area contributed by atoms with E-state index in [2.05, 4.69) is 65.8 Å². The van der Waals surface area contributed by atoms with Crippen LogP contribution in [0.4, 0.5) is 0 Å². The molecule has 0 rings (SSSR count). The predicted octanol–water partition coefficient (Wildman–Crippen LogP) is 9.02. The first kappa shape index (κ1) is 31.8. The molecule has 0 amide bonds. The van der Waals surface area contributed by atoms with Crippen LogP contribution in [0.25, 0.3) is 0 Å². The summed E-state index contributed by atoms with van der Waals surface area (Å²) >= 11 is 0. The summed E-state index contributed by atoms with van der Waals surface area (Å²) in [7, 11) is 0. The summed E-state index contributed by atoms with van der Waals surface area (Å²) in [5, 5.41) is 0. The first-order valence-electron chi connectivity index (χ1n) is 13.0. The third-order valence-corrected chi connectivity index (χ3v) is 5.95. The smallest absolute Gasteiger partial charge is 0.316 e. The number of carbonyl (C=O) groups excluding carboxylic acids is 2. The zero-order chi connectivity index (χ0) is 25.9. The van der Waals surface area contributed by atoms with Gasteiger partial charge in [0, 0.05) is 0 Å². The molecule has 0 spiro atoms. The second-order valence-electron chi connectivity index (χ2n) is 9.79. The van der Waals surface area contributed by atoms with E-state index in [1.165, 1.54) is 34.8 Å². The van der Waals surface area contributed by atoms with Gasteiger partial charge in [-0.3, -0.25) is 9.59 Å². The van der Waals surface area contributed by atoms with E-state index in [1.807, 2.05) is 6.08 Å². The molecule has 0 heterocycles. The quantitative estimate of drug-likeness (QED) is 0.121. The molecule has 0 aliphatic heterocycles. The fourth-order valence-corrected chi connectivity index (χ4v) is 3.63. The number of esters is 1. The van der Waals surface area contributed by atoms with Crippen molar-refractivity contribution >= 4 is 11.8 Å². The van der Waals surface area contributed by atoms with E-state index in [4.69, 9.17) is 4.74 Å². The first-order chi connectivity index (χ1) is 16.1. The number of Topliss-reactive ketones (excluding diaryl/α,β-unsaturated/α-hetero) is 1. The molecule has 0 aromatic rings. The highest BCUT2D eigenvalue weighted by molar-refractivity contribution is 5.97. The van der Waals surface area contributed by atoms with Crippen LogP contribution in [0.15, 0.2) is 58.2 Å². The van der Waals surface area contributed by atoms with Crippen molar-refractivity contribution < 1.29 is 14.3 Å². The van der Waals surface area contributed by atoms with Gasteiger partial charge in [-0.2, -0.15) is 0 Å². The Morgan fingerprint density at radius 1 is 0.618 bits per heavy atom. The molecule has 0 aromatic heterocycles. The molecule has 0 bridgehead atoms. The Morgan fingerprint density at radius 2 is 1.00 bits per heavy atom. The average molecular weight is 471 g/mol. The molecule has 0 fully saturated rings.